The van der Waals surface area contributed by atoms with Crippen molar-refractivity contribution in [2.24, 2.45) is 0 Å². The zero-order valence-corrected chi connectivity index (χ0v) is 12.4. The Hall–Kier alpha value is -3.27. The molecule has 0 unspecified atom stereocenters. The topological polar surface area (TPSA) is 78.3 Å². The predicted molar refractivity (Wildman–Crippen MR) is 92.6 cm³/mol. The first-order chi connectivity index (χ1) is 11.2. The lowest BCUT2D eigenvalue weighted by Gasteiger charge is -2.10. The first-order valence-corrected chi connectivity index (χ1v) is 7.14. The van der Waals surface area contributed by atoms with Gasteiger partial charge in [-0.25, -0.2) is 0 Å². The van der Waals surface area contributed by atoms with Crippen LogP contribution in [0.4, 0.5) is 11.4 Å². The van der Waals surface area contributed by atoms with Gasteiger partial charge in [-0.05, 0) is 54.1 Å². The molecule has 0 bridgehead atoms. The molecule has 0 fully saturated rings. The molecule has 23 heavy (non-hydrogen) atoms. The Labute approximate surface area is 134 Å². The van der Waals surface area contributed by atoms with E-state index in [4.69, 9.17) is 16.2 Å². The van der Waals surface area contributed by atoms with E-state index in [1.165, 1.54) is 0 Å². The minimum absolute atomic E-state index is 0.605. The summed E-state index contributed by atoms with van der Waals surface area (Å²) in [7, 11) is 0. The summed E-state index contributed by atoms with van der Waals surface area (Å²) in [5, 5.41) is 0. The Kier molecular flexibility index (Phi) is 3.97. The molecule has 114 valence electrons. The molecule has 3 aromatic rings. The zero-order valence-electron chi connectivity index (χ0n) is 12.4. The Morgan fingerprint density at radius 1 is 0.826 bits per heavy atom. The summed E-state index contributed by atoms with van der Waals surface area (Å²) >= 11 is 0. The van der Waals surface area contributed by atoms with Gasteiger partial charge < -0.3 is 16.2 Å². The van der Waals surface area contributed by atoms with Crippen LogP contribution in [0.2, 0.25) is 0 Å². The molecule has 0 heterocycles. The molecular weight excluding hydrogens is 288 g/mol. The highest BCUT2D eigenvalue weighted by molar-refractivity contribution is 5.79. The Balaban J connectivity index is 1.85. The van der Waals surface area contributed by atoms with Gasteiger partial charge in [-0.15, -0.1) is 0 Å². The Bertz CT molecular complexity index is 842. The summed E-state index contributed by atoms with van der Waals surface area (Å²) in [6.07, 6.45) is 0.794. The van der Waals surface area contributed by atoms with Crippen molar-refractivity contribution in [3.63, 3.8) is 0 Å². The summed E-state index contributed by atoms with van der Waals surface area (Å²) in [4.78, 5) is 10.7. The van der Waals surface area contributed by atoms with Crippen LogP contribution in [0.25, 0.3) is 11.1 Å². The van der Waals surface area contributed by atoms with Crippen molar-refractivity contribution in [1.29, 1.82) is 0 Å². The van der Waals surface area contributed by atoms with Gasteiger partial charge in [0.15, 0.2) is 0 Å². The van der Waals surface area contributed by atoms with Crippen LogP contribution in [0, 0.1) is 0 Å². The maximum Gasteiger partial charge on any atom is 0.150 e. The van der Waals surface area contributed by atoms with Gasteiger partial charge in [0.25, 0.3) is 0 Å². The highest BCUT2D eigenvalue weighted by Crippen LogP contribution is 2.32. The number of carbonyl (C=O) groups excluding carboxylic acids is 1. The molecule has 4 N–H and O–H groups in total. The zero-order chi connectivity index (χ0) is 16.2. The number of aldehydes is 1. The van der Waals surface area contributed by atoms with E-state index in [-0.39, 0.29) is 0 Å². The van der Waals surface area contributed by atoms with Crippen LogP contribution < -0.4 is 16.2 Å². The first-order valence-electron chi connectivity index (χ1n) is 7.14. The molecule has 0 saturated heterocycles. The number of carbonyl (C=O) groups is 1. The van der Waals surface area contributed by atoms with Crippen LogP contribution >= 0.6 is 0 Å². The average Bonchev–Trinajstić information content (AvgIpc) is 2.56. The van der Waals surface area contributed by atoms with Crippen LogP contribution in [0.1, 0.15) is 10.4 Å². The van der Waals surface area contributed by atoms with Gasteiger partial charge in [-0.3, -0.25) is 4.79 Å². The standard InChI is InChI=1S/C19H16N2O2/c20-15-3-1-2-14(10-15)18-9-8-17(11-19(18)21)23-16-6-4-13(12-22)5-7-16/h1-12H,20-21H2. The molecule has 0 aliphatic rings. The van der Waals surface area contributed by atoms with Crippen molar-refractivity contribution < 1.29 is 9.53 Å². The number of hydrogen-bond acceptors (Lipinski definition) is 4. The number of benzene rings is 3. The first kappa shape index (κ1) is 14.7. The Morgan fingerprint density at radius 3 is 2.22 bits per heavy atom. The average molecular weight is 304 g/mol. The van der Waals surface area contributed by atoms with Crippen LogP contribution in [-0.2, 0) is 0 Å². The fourth-order valence-corrected chi connectivity index (χ4v) is 2.32. The molecular formula is C19H16N2O2. The predicted octanol–water partition coefficient (Wildman–Crippen LogP) is 4.12. The molecule has 4 heteroatoms. The molecule has 0 radical (unpaired) electrons. The normalized spacial score (nSPS) is 10.3. The molecule has 0 spiro atoms. The van der Waals surface area contributed by atoms with Crippen LogP contribution in [-0.4, -0.2) is 6.29 Å². The van der Waals surface area contributed by atoms with Gasteiger partial charge in [-0.1, -0.05) is 12.1 Å². The van der Waals surface area contributed by atoms with Crippen molar-refractivity contribution >= 4 is 17.7 Å². The summed E-state index contributed by atoms with van der Waals surface area (Å²) in [5.41, 5.74) is 15.7. The molecule has 0 aliphatic heterocycles. The molecule has 3 aromatic carbocycles. The number of nitrogens with two attached hydrogens (primary N) is 2. The molecule has 0 saturated carbocycles. The van der Waals surface area contributed by atoms with E-state index in [1.54, 1.807) is 30.3 Å². The molecule has 0 atom stereocenters. The van der Waals surface area contributed by atoms with Gasteiger partial charge in [0.2, 0.25) is 0 Å². The monoisotopic (exact) mass is 304 g/mol. The summed E-state index contributed by atoms with van der Waals surface area (Å²) in [5.74, 6) is 1.28. The second kappa shape index (κ2) is 6.23. The van der Waals surface area contributed by atoms with Crippen LogP contribution in [0.5, 0.6) is 11.5 Å². The SMILES string of the molecule is Nc1cccc(-c2ccc(Oc3ccc(C=O)cc3)cc2N)c1. The number of rotatable bonds is 4. The summed E-state index contributed by atoms with van der Waals surface area (Å²) < 4.78 is 5.75. The van der Waals surface area contributed by atoms with E-state index < -0.39 is 0 Å². The van der Waals surface area contributed by atoms with Crippen molar-refractivity contribution in [3.8, 4) is 22.6 Å². The smallest absolute Gasteiger partial charge is 0.150 e. The number of anilines is 2. The highest BCUT2D eigenvalue weighted by Gasteiger charge is 2.06. The lowest BCUT2D eigenvalue weighted by molar-refractivity contribution is 0.112. The van der Waals surface area contributed by atoms with Gasteiger partial charge in [0.1, 0.15) is 17.8 Å². The van der Waals surface area contributed by atoms with Crippen molar-refractivity contribution in [2.45, 2.75) is 0 Å². The molecule has 4 nitrogen and oxygen atoms in total. The number of ether oxygens (including phenoxy) is 1. The summed E-state index contributed by atoms with van der Waals surface area (Å²) in [6, 6.07) is 20.0. The van der Waals surface area contributed by atoms with Gasteiger partial charge >= 0.3 is 0 Å². The van der Waals surface area contributed by atoms with Crippen LogP contribution in [0.15, 0.2) is 66.7 Å². The van der Waals surface area contributed by atoms with E-state index >= 15 is 0 Å². The largest absolute Gasteiger partial charge is 0.457 e. The summed E-state index contributed by atoms with van der Waals surface area (Å²) in [6.45, 7) is 0. The van der Waals surface area contributed by atoms with Crippen molar-refractivity contribution in [3.05, 3.63) is 72.3 Å². The minimum Gasteiger partial charge on any atom is -0.457 e. The second-order valence-corrected chi connectivity index (χ2v) is 5.16. The van der Waals surface area contributed by atoms with Crippen LogP contribution in [0.3, 0.4) is 0 Å². The van der Waals surface area contributed by atoms with Gasteiger partial charge in [0.05, 0.1) is 0 Å². The molecule has 0 aromatic heterocycles. The Morgan fingerprint density at radius 2 is 1.57 bits per heavy atom. The van der Waals surface area contributed by atoms with E-state index in [0.29, 0.717) is 28.4 Å². The number of hydrogen-bond donors (Lipinski definition) is 2. The molecule has 0 aliphatic carbocycles. The van der Waals surface area contributed by atoms with E-state index in [9.17, 15) is 4.79 Å². The van der Waals surface area contributed by atoms with Gasteiger partial charge in [-0.2, -0.15) is 0 Å². The minimum atomic E-state index is 0.605. The lowest BCUT2D eigenvalue weighted by Crippen LogP contribution is -1.93. The second-order valence-electron chi connectivity index (χ2n) is 5.16. The maximum atomic E-state index is 10.7. The highest BCUT2D eigenvalue weighted by atomic mass is 16.5. The lowest BCUT2D eigenvalue weighted by atomic mass is 10.0. The van der Waals surface area contributed by atoms with E-state index in [2.05, 4.69) is 0 Å². The third-order valence-corrected chi connectivity index (χ3v) is 3.47. The molecule has 0 amide bonds. The quantitative estimate of drug-likeness (QED) is 0.561. The fraction of sp³-hybridized carbons (Fsp3) is 0. The fourth-order valence-electron chi connectivity index (χ4n) is 2.32. The third kappa shape index (κ3) is 3.32. The van der Waals surface area contributed by atoms with Crippen molar-refractivity contribution in [2.75, 3.05) is 11.5 Å². The van der Waals surface area contributed by atoms with E-state index in [1.807, 2.05) is 36.4 Å². The number of nitrogen functional groups attached to an aromatic ring is 2. The van der Waals surface area contributed by atoms with Crippen molar-refractivity contribution in [1.82, 2.24) is 0 Å². The van der Waals surface area contributed by atoms with E-state index in [0.717, 1.165) is 17.4 Å². The third-order valence-electron chi connectivity index (χ3n) is 3.47. The maximum absolute atomic E-state index is 10.7. The molecule has 3 rings (SSSR count). The van der Waals surface area contributed by atoms with Gasteiger partial charge in [0, 0.05) is 28.6 Å².